The summed E-state index contributed by atoms with van der Waals surface area (Å²) in [4.78, 5) is 19.2. The van der Waals surface area contributed by atoms with Crippen LogP contribution < -0.4 is 10.6 Å². The molecule has 0 unspecified atom stereocenters. The maximum absolute atomic E-state index is 12.0. The number of fused-ring (bicyclic) bond motifs is 1. The smallest absolute Gasteiger partial charge is 0.242 e. The normalized spacial score (nSPS) is 20.1. The van der Waals surface area contributed by atoms with E-state index in [1.807, 2.05) is 12.3 Å². The lowest BCUT2D eigenvalue weighted by Gasteiger charge is -2.18. The SMILES string of the molecule is O=C1NCCCC[C@@H]1Nc1c(Cl)cnc2[nH]ccc12. The standard InChI is InChI=1S/C13H15ClN4O/c14-9-7-17-12-8(4-6-15-12)11(9)18-10-3-1-2-5-16-13(10)19/h4,6-7,10H,1-3,5H2,(H,16,19)(H2,15,17,18)/t10-/m0/s1. The van der Waals surface area contributed by atoms with E-state index in [0.29, 0.717) is 5.02 Å². The maximum atomic E-state index is 12.0. The van der Waals surface area contributed by atoms with Crippen LogP contribution in [0.15, 0.2) is 18.5 Å². The zero-order valence-corrected chi connectivity index (χ0v) is 11.1. The highest BCUT2D eigenvalue weighted by molar-refractivity contribution is 6.34. The van der Waals surface area contributed by atoms with Crippen molar-refractivity contribution in [2.75, 3.05) is 11.9 Å². The van der Waals surface area contributed by atoms with Gasteiger partial charge in [-0.05, 0) is 25.3 Å². The molecule has 0 aromatic carbocycles. The number of carbonyl (C=O) groups is 1. The summed E-state index contributed by atoms with van der Waals surface area (Å²) in [7, 11) is 0. The van der Waals surface area contributed by atoms with E-state index in [1.165, 1.54) is 0 Å². The van der Waals surface area contributed by atoms with Gasteiger partial charge in [-0.25, -0.2) is 4.98 Å². The van der Waals surface area contributed by atoms with Gasteiger partial charge in [0.1, 0.15) is 11.7 Å². The highest BCUT2D eigenvalue weighted by atomic mass is 35.5. The van der Waals surface area contributed by atoms with Gasteiger partial charge in [-0.1, -0.05) is 11.6 Å². The van der Waals surface area contributed by atoms with Crippen molar-refractivity contribution in [3.63, 3.8) is 0 Å². The van der Waals surface area contributed by atoms with Crippen LogP contribution in [-0.2, 0) is 4.79 Å². The average Bonchev–Trinajstić information content (AvgIpc) is 2.79. The second kappa shape index (κ2) is 5.09. The third kappa shape index (κ3) is 2.38. The summed E-state index contributed by atoms with van der Waals surface area (Å²) >= 11 is 6.20. The Labute approximate surface area is 115 Å². The van der Waals surface area contributed by atoms with Gasteiger partial charge in [0.25, 0.3) is 0 Å². The number of hydrogen-bond acceptors (Lipinski definition) is 3. The molecule has 2 aromatic heterocycles. The summed E-state index contributed by atoms with van der Waals surface area (Å²) in [6, 6.07) is 1.67. The number of nitrogens with zero attached hydrogens (tertiary/aromatic N) is 1. The van der Waals surface area contributed by atoms with Crippen LogP contribution in [0.1, 0.15) is 19.3 Å². The Hall–Kier alpha value is -1.75. The van der Waals surface area contributed by atoms with Gasteiger partial charge in [0, 0.05) is 18.1 Å². The third-order valence-electron chi connectivity index (χ3n) is 3.39. The van der Waals surface area contributed by atoms with E-state index in [-0.39, 0.29) is 11.9 Å². The lowest BCUT2D eigenvalue weighted by Crippen LogP contribution is -2.37. The fourth-order valence-electron chi connectivity index (χ4n) is 2.38. The van der Waals surface area contributed by atoms with Gasteiger partial charge in [-0.15, -0.1) is 0 Å². The Balaban J connectivity index is 1.93. The summed E-state index contributed by atoms with van der Waals surface area (Å²) in [5, 5.41) is 7.61. The fourth-order valence-corrected chi connectivity index (χ4v) is 2.59. The van der Waals surface area contributed by atoms with E-state index in [0.717, 1.165) is 42.5 Å². The van der Waals surface area contributed by atoms with Crippen LogP contribution in [0.2, 0.25) is 5.02 Å². The van der Waals surface area contributed by atoms with Gasteiger partial charge in [0.15, 0.2) is 0 Å². The monoisotopic (exact) mass is 278 g/mol. The maximum Gasteiger partial charge on any atom is 0.242 e. The molecule has 1 saturated heterocycles. The zero-order chi connectivity index (χ0) is 13.2. The van der Waals surface area contributed by atoms with Crippen LogP contribution in [0.25, 0.3) is 11.0 Å². The minimum absolute atomic E-state index is 0.0362. The fraction of sp³-hybridized carbons (Fsp3) is 0.385. The van der Waals surface area contributed by atoms with E-state index in [9.17, 15) is 4.79 Å². The molecule has 0 spiro atoms. The number of aromatic nitrogens is 2. The number of nitrogens with one attached hydrogen (secondary N) is 3. The summed E-state index contributed by atoms with van der Waals surface area (Å²) in [6.07, 6.45) is 6.27. The molecule has 5 nitrogen and oxygen atoms in total. The molecule has 100 valence electrons. The van der Waals surface area contributed by atoms with Gasteiger partial charge in [-0.3, -0.25) is 4.79 Å². The molecular weight excluding hydrogens is 264 g/mol. The highest BCUT2D eigenvalue weighted by Crippen LogP contribution is 2.30. The summed E-state index contributed by atoms with van der Waals surface area (Å²) in [6.45, 7) is 0.751. The molecule has 3 rings (SSSR count). The van der Waals surface area contributed by atoms with Crippen molar-refractivity contribution in [2.45, 2.75) is 25.3 Å². The number of rotatable bonds is 2. The predicted molar refractivity (Wildman–Crippen MR) is 75.4 cm³/mol. The number of anilines is 1. The van der Waals surface area contributed by atoms with Crippen molar-refractivity contribution in [1.82, 2.24) is 15.3 Å². The molecule has 0 bridgehead atoms. The van der Waals surface area contributed by atoms with Gasteiger partial charge >= 0.3 is 0 Å². The van der Waals surface area contributed by atoms with E-state index in [4.69, 9.17) is 11.6 Å². The number of pyridine rings is 1. The number of carbonyl (C=O) groups excluding carboxylic acids is 1. The number of aromatic amines is 1. The van der Waals surface area contributed by atoms with E-state index in [1.54, 1.807) is 6.20 Å². The number of hydrogen-bond donors (Lipinski definition) is 3. The number of amides is 1. The first-order valence-corrected chi connectivity index (χ1v) is 6.79. The molecule has 1 aliphatic heterocycles. The topological polar surface area (TPSA) is 69.8 Å². The van der Waals surface area contributed by atoms with E-state index >= 15 is 0 Å². The largest absolute Gasteiger partial charge is 0.372 e. The quantitative estimate of drug-likeness (QED) is 0.789. The van der Waals surface area contributed by atoms with Crippen LogP contribution in [0.3, 0.4) is 0 Å². The highest BCUT2D eigenvalue weighted by Gasteiger charge is 2.22. The summed E-state index contributed by atoms with van der Waals surface area (Å²) in [5.41, 5.74) is 1.54. The lowest BCUT2D eigenvalue weighted by molar-refractivity contribution is -0.121. The van der Waals surface area contributed by atoms with Gasteiger partial charge in [-0.2, -0.15) is 0 Å². The first-order valence-electron chi connectivity index (χ1n) is 6.41. The molecule has 1 aliphatic rings. The molecule has 1 fully saturated rings. The molecule has 3 heterocycles. The Bertz CT molecular complexity index is 610. The van der Waals surface area contributed by atoms with E-state index < -0.39 is 0 Å². The number of H-pyrrole nitrogens is 1. The van der Waals surface area contributed by atoms with Crippen molar-refractivity contribution in [2.24, 2.45) is 0 Å². The van der Waals surface area contributed by atoms with Crippen molar-refractivity contribution in [3.8, 4) is 0 Å². The van der Waals surface area contributed by atoms with Crippen LogP contribution in [-0.4, -0.2) is 28.5 Å². The average molecular weight is 279 g/mol. The summed E-state index contributed by atoms with van der Waals surface area (Å²) in [5.74, 6) is 0.0362. The molecule has 3 N–H and O–H groups in total. The second-order valence-corrected chi connectivity index (χ2v) is 5.11. The van der Waals surface area contributed by atoms with Crippen molar-refractivity contribution in [3.05, 3.63) is 23.5 Å². The van der Waals surface area contributed by atoms with Crippen LogP contribution >= 0.6 is 11.6 Å². The minimum Gasteiger partial charge on any atom is -0.372 e. The Kier molecular flexibility index (Phi) is 3.29. The predicted octanol–water partition coefficient (Wildman–Crippen LogP) is 2.30. The molecular formula is C13H15ClN4O. The molecule has 1 amide bonds. The Morgan fingerprint density at radius 1 is 1.42 bits per heavy atom. The van der Waals surface area contributed by atoms with Crippen molar-refractivity contribution in [1.29, 1.82) is 0 Å². The van der Waals surface area contributed by atoms with Crippen LogP contribution in [0.4, 0.5) is 5.69 Å². The molecule has 19 heavy (non-hydrogen) atoms. The first kappa shape index (κ1) is 12.3. The van der Waals surface area contributed by atoms with Crippen molar-refractivity contribution < 1.29 is 4.79 Å². The zero-order valence-electron chi connectivity index (χ0n) is 10.4. The lowest BCUT2D eigenvalue weighted by atomic mass is 10.1. The van der Waals surface area contributed by atoms with Gasteiger partial charge < -0.3 is 15.6 Å². The number of halogens is 1. The molecule has 6 heteroatoms. The molecule has 0 radical (unpaired) electrons. The Morgan fingerprint density at radius 3 is 3.21 bits per heavy atom. The van der Waals surface area contributed by atoms with E-state index in [2.05, 4.69) is 20.6 Å². The van der Waals surface area contributed by atoms with Crippen LogP contribution in [0.5, 0.6) is 0 Å². The van der Waals surface area contributed by atoms with Crippen LogP contribution in [0, 0.1) is 0 Å². The molecule has 1 atom stereocenters. The minimum atomic E-state index is -0.236. The van der Waals surface area contributed by atoms with Gasteiger partial charge in [0.05, 0.1) is 16.9 Å². The van der Waals surface area contributed by atoms with Crippen molar-refractivity contribution >= 4 is 34.2 Å². The Morgan fingerprint density at radius 2 is 2.32 bits per heavy atom. The third-order valence-corrected chi connectivity index (χ3v) is 3.68. The molecule has 0 aliphatic carbocycles. The first-order chi connectivity index (χ1) is 9.25. The molecule has 0 saturated carbocycles. The molecule has 2 aromatic rings. The second-order valence-electron chi connectivity index (χ2n) is 4.70. The summed E-state index contributed by atoms with van der Waals surface area (Å²) < 4.78 is 0. The van der Waals surface area contributed by atoms with Gasteiger partial charge in [0.2, 0.25) is 5.91 Å².